The summed E-state index contributed by atoms with van der Waals surface area (Å²) in [6.45, 7) is 2.32. The highest BCUT2D eigenvalue weighted by Gasteiger charge is 2.29. The van der Waals surface area contributed by atoms with Crippen LogP contribution in [0.2, 0.25) is 0 Å². The highest BCUT2D eigenvalue weighted by molar-refractivity contribution is 5.97. The smallest absolute Gasteiger partial charge is 0.251 e. The molecule has 2 atom stereocenters. The van der Waals surface area contributed by atoms with Gasteiger partial charge in [0.1, 0.15) is 0 Å². The summed E-state index contributed by atoms with van der Waals surface area (Å²) < 4.78 is 0. The van der Waals surface area contributed by atoms with E-state index in [-0.39, 0.29) is 23.9 Å². The quantitative estimate of drug-likeness (QED) is 0.855. The molecule has 3 N–H and O–H groups in total. The number of hydrogen-bond acceptors (Lipinski definition) is 4. The molecule has 2 heterocycles. The van der Waals surface area contributed by atoms with E-state index >= 15 is 0 Å². The second-order valence-electron chi connectivity index (χ2n) is 6.51. The molecule has 6 nitrogen and oxygen atoms in total. The number of benzene rings is 1. The van der Waals surface area contributed by atoms with Crippen LogP contribution < -0.4 is 16.0 Å². The van der Waals surface area contributed by atoms with Gasteiger partial charge in [0, 0.05) is 43.3 Å². The zero-order valence-corrected chi connectivity index (χ0v) is 13.5. The lowest BCUT2D eigenvalue weighted by molar-refractivity contribution is -0.119. The Morgan fingerprint density at radius 2 is 1.96 bits per heavy atom. The number of likely N-dealkylation sites (tertiary alicyclic amines) is 1. The van der Waals surface area contributed by atoms with Crippen LogP contribution in [0.1, 0.15) is 29.6 Å². The van der Waals surface area contributed by atoms with E-state index in [9.17, 15) is 9.59 Å². The summed E-state index contributed by atoms with van der Waals surface area (Å²) in [7, 11) is 2.00. The first-order valence-corrected chi connectivity index (χ1v) is 8.20. The average Bonchev–Trinajstić information content (AvgIpc) is 2.85. The first kappa shape index (κ1) is 16.0. The van der Waals surface area contributed by atoms with Crippen molar-refractivity contribution in [3.05, 3.63) is 29.8 Å². The fourth-order valence-corrected chi connectivity index (χ4v) is 3.31. The first-order valence-electron chi connectivity index (χ1n) is 8.20. The normalized spacial score (nSPS) is 25.7. The minimum absolute atomic E-state index is 0.0177. The maximum absolute atomic E-state index is 12.3. The zero-order valence-electron chi connectivity index (χ0n) is 13.5. The number of piperidine rings is 1. The predicted octanol–water partition coefficient (Wildman–Crippen LogP) is 0.575. The van der Waals surface area contributed by atoms with E-state index in [4.69, 9.17) is 5.73 Å². The molecule has 0 saturated carbocycles. The number of rotatable bonds is 3. The molecule has 6 heteroatoms. The highest BCUT2D eigenvalue weighted by atomic mass is 16.2. The van der Waals surface area contributed by atoms with Crippen molar-refractivity contribution in [2.24, 2.45) is 5.73 Å². The number of amides is 2. The molecule has 1 aromatic rings. The second-order valence-corrected chi connectivity index (χ2v) is 6.51. The fraction of sp³-hybridized carbons (Fsp3) is 0.529. The maximum Gasteiger partial charge on any atom is 0.251 e. The van der Waals surface area contributed by atoms with E-state index in [2.05, 4.69) is 10.2 Å². The first-order chi connectivity index (χ1) is 11.0. The van der Waals surface area contributed by atoms with Gasteiger partial charge in [-0.25, -0.2) is 0 Å². The third-order valence-electron chi connectivity index (χ3n) is 4.63. The Morgan fingerprint density at radius 1 is 1.22 bits per heavy atom. The van der Waals surface area contributed by atoms with Crippen molar-refractivity contribution in [2.45, 2.75) is 31.3 Å². The number of anilines is 1. The number of likely N-dealkylation sites (N-methyl/N-ethyl adjacent to an activating group) is 1. The van der Waals surface area contributed by atoms with Gasteiger partial charge in [-0.3, -0.25) is 9.59 Å². The topological polar surface area (TPSA) is 78.7 Å². The van der Waals surface area contributed by atoms with E-state index in [1.807, 2.05) is 19.2 Å². The monoisotopic (exact) mass is 316 g/mol. The number of carbonyl (C=O) groups is 2. The molecule has 2 fully saturated rings. The van der Waals surface area contributed by atoms with Crippen LogP contribution in [0.5, 0.6) is 0 Å². The summed E-state index contributed by atoms with van der Waals surface area (Å²) in [5, 5.41) is 3.00. The van der Waals surface area contributed by atoms with Crippen LogP contribution in [0, 0.1) is 0 Å². The molecule has 2 aliphatic heterocycles. The molecule has 2 amide bonds. The summed E-state index contributed by atoms with van der Waals surface area (Å²) in [5.41, 5.74) is 7.49. The van der Waals surface area contributed by atoms with Crippen molar-refractivity contribution in [1.29, 1.82) is 0 Å². The van der Waals surface area contributed by atoms with Gasteiger partial charge in [0.2, 0.25) is 5.91 Å². The van der Waals surface area contributed by atoms with Gasteiger partial charge in [0.15, 0.2) is 0 Å². The molecule has 0 bridgehead atoms. The van der Waals surface area contributed by atoms with Crippen molar-refractivity contribution < 1.29 is 9.59 Å². The molecule has 0 aromatic heterocycles. The van der Waals surface area contributed by atoms with E-state index in [1.54, 1.807) is 17.0 Å². The summed E-state index contributed by atoms with van der Waals surface area (Å²) in [6, 6.07) is 7.19. The number of nitrogens with two attached hydrogens (primary N) is 1. The van der Waals surface area contributed by atoms with Gasteiger partial charge in [-0.05, 0) is 44.2 Å². The van der Waals surface area contributed by atoms with E-state index in [1.165, 1.54) is 0 Å². The molecule has 3 rings (SSSR count). The molecule has 1 aromatic carbocycles. The molecule has 2 unspecified atom stereocenters. The third kappa shape index (κ3) is 3.54. The molecule has 23 heavy (non-hydrogen) atoms. The van der Waals surface area contributed by atoms with Crippen LogP contribution >= 0.6 is 0 Å². The van der Waals surface area contributed by atoms with Crippen LogP contribution in [0.4, 0.5) is 5.69 Å². The molecule has 0 radical (unpaired) electrons. The molecule has 124 valence electrons. The van der Waals surface area contributed by atoms with Gasteiger partial charge in [-0.1, -0.05) is 0 Å². The van der Waals surface area contributed by atoms with Crippen LogP contribution in [0.25, 0.3) is 0 Å². The van der Waals surface area contributed by atoms with E-state index in [0.29, 0.717) is 12.0 Å². The van der Waals surface area contributed by atoms with E-state index < -0.39 is 0 Å². The summed E-state index contributed by atoms with van der Waals surface area (Å²) in [4.78, 5) is 28.2. The zero-order chi connectivity index (χ0) is 16.4. The fourth-order valence-electron chi connectivity index (χ4n) is 3.31. The number of hydrogen-bond donors (Lipinski definition) is 2. The Balaban J connectivity index is 1.64. The largest absolute Gasteiger partial charge is 0.346 e. The Kier molecular flexibility index (Phi) is 4.63. The Hall–Kier alpha value is -1.92. The van der Waals surface area contributed by atoms with Gasteiger partial charge >= 0.3 is 0 Å². The molecule has 2 saturated heterocycles. The van der Waals surface area contributed by atoms with Crippen molar-refractivity contribution in [3.8, 4) is 0 Å². The average molecular weight is 316 g/mol. The maximum atomic E-state index is 12.3. The van der Waals surface area contributed by atoms with Crippen LogP contribution in [0.3, 0.4) is 0 Å². The summed E-state index contributed by atoms with van der Waals surface area (Å²) in [6.07, 6.45) is 2.60. The lowest BCUT2D eigenvalue weighted by Gasteiger charge is -2.26. The minimum Gasteiger partial charge on any atom is -0.346 e. The number of nitrogens with zero attached hydrogens (tertiary/aromatic N) is 2. The number of nitrogens with one attached hydrogen (secondary N) is 1. The molecular formula is C17H24N4O2. The lowest BCUT2D eigenvalue weighted by Crippen LogP contribution is -2.46. The van der Waals surface area contributed by atoms with Gasteiger partial charge in [-0.15, -0.1) is 0 Å². The van der Waals surface area contributed by atoms with Crippen LogP contribution in [-0.4, -0.2) is 55.5 Å². The van der Waals surface area contributed by atoms with E-state index in [0.717, 1.165) is 38.2 Å². The second kappa shape index (κ2) is 6.68. The Morgan fingerprint density at radius 3 is 2.57 bits per heavy atom. The molecule has 0 aliphatic carbocycles. The predicted molar refractivity (Wildman–Crippen MR) is 89.4 cm³/mol. The van der Waals surface area contributed by atoms with Crippen LogP contribution in [-0.2, 0) is 4.79 Å². The molecular weight excluding hydrogens is 292 g/mol. The van der Waals surface area contributed by atoms with Crippen LogP contribution in [0.15, 0.2) is 24.3 Å². The Labute approximate surface area is 136 Å². The third-order valence-corrected chi connectivity index (χ3v) is 4.63. The van der Waals surface area contributed by atoms with Gasteiger partial charge in [-0.2, -0.15) is 0 Å². The van der Waals surface area contributed by atoms with Crippen molar-refractivity contribution in [3.63, 3.8) is 0 Å². The molecule has 0 spiro atoms. The van der Waals surface area contributed by atoms with Crippen molar-refractivity contribution in [1.82, 2.24) is 10.2 Å². The SMILES string of the molecule is CN1CC(N)C(NC(=O)c2ccc(N3CCCCC3=O)cc2)C1. The Bertz CT molecular complexity index is 587. The van der Waals surface area contributed by atoms with Gasteiger partial charge in [0.25, 0.3) is 5.91 Å². The minimum atomic E-state index is -0.114. The van der Waals surface area contributed by atoms with Crippen molar-refractivity contribution >= 4 is 17.5 Å². The van der Waals surface area contributed by atoms with Crippen molar-refractivity contribution in [2.75, 3.05) is 31.6 Å². The number of carbonyl (C=O) groups excluding carboxylic acids is 2. The summed E-state index contributed by atoms with van der Waals surface area (Å²) in [5.74, 6) is 0.0469. The van der Waals surface area contributed by atoms with Gasteiger partial charge < -0.3 is 20.9 Å². The molecule has 2 aliphatic rings. The standard InChI is InChI=1S/C17H24N4O2/c1-20-10-14(18)15(11-20)19-17(23)12-5-7-13(8-6-12)21-9-3-2-4-16(21)22/h5-8,14-15H,2-4,9-11,18H2,1H3,(H,19,23). The van der Waals surface area contributed by atoms with Gasteiger partial charge in [0.05, 0.1) is 6.04 Å². The lowest BCUT2D eigenvalue weighted by atomic mass is 10.1. The summed E-state index contributed by atoms with van der Waals surface area (Å²) >= 11 is 0. The highest BCUT2D eigenvalue weighted by Crippen LogP contribution is 2.21.